The molecule has 0 saturated carbocycles. The first-order chi connectivity index (χ1) is 8.31. The summed E-state index contributed by atoms with van der Waals surface area (Å²) in [7, 11) is 0. The molecule has 0 spiro atoms. The summed E-state index contributed by atoms with van der Waals surface area (Å²) in [6.45, 7) is 5.62. The van der Waals surface area contributed by atoms with E-state index < -0.39 is 0 Å². The van der Waals surface area contributed by atoms with Crippen molar-refractivity contribution in [2.24, 2.45) is 0 Å². The SMILES string of the molecule is Fc1cccc(CN2CCN3CCCC3C2)c1. The second kappa shape index (κ2) is 4.75. The van der Waals surface area contributed by atoms with E-state index >= 15 is 0 Å². The molecule has 3 rings (SSSR count). The van der Waals surface area contributed by atoms with Gasteiger partial charge < -0.3 is 0 Å². The van der Waals surface area contributed by atoms with Crippen LogP contribution in [0.25, 0.3) is 0 Å². The Bertz CT molecular complexity index is 394. The Hall–Kier alpha value is -0.930. The summed E-state index contributed by atoms with van der Waals surface area (Å²) in [6, 6.07) is 7.73. The predicted molar refractivity (Wildman–Crippen MR) is 66.3 cm³/mol. The van der Waals surface area contributed by atoms with E-state index in [9.17, 15) is 4.39 Å². The van der Waals surface area contributed by atoms with Crippen LogP contribution in [0.5, 0.6) is 0 Å². The molecular formula is C14H19FN2. The lowest BCUT2D eigenvalue weighted by Crippen LogP contribution is -2.49. The van der Waals surface area contributed by atoms with Crippen molar-refractivity contribution in [1.82, 2.24) is 9.80 Å². The van der Waals surface area contributed by atoms with Gasteiger partial charge in [-0.2, -0.15) is 0 Å². The molecule has 1 aromatic rings. The highest BCUT2D eigenvalue weighted by Crippen LogP contribution is 2.22. The third-order valence-corrected chi connectivity index (χ3v) is 3.97. The van der Waals surface area contributed by atoms with E-state index in [0.717, 1.165) is 31.2 Å². The number of hydrogen-bond acceptors (Lipinski definition) is 2. The summed E-state index contributed by atoms with van der Waals surface area (Å²) in [5, 5.41) is 0. The Balaban J connectivity index is 1.62. The third kappa shape index (κ3) is 2.50. The first-order valence-corrected chi connectivity index (χ1v) is 6.52. The molecule has 0 amide bonds. The van der Waals surface area contributed by atoms with E-state index in [-0.39, 0.29) is 5.82 Å². The van der Waals surface area contributed by atoms with Crippen LogP contribution in [0.3, 0.4) is 0 Å². The van der Waals surface area contributed by atoms with Crippen molar-refractivity contribution in [3.05, 3.63) is 35.6 Å². The van der Waals surface area contributed by atoms with Crippen molar-refractivity contribution < 1.29 is 4.39 Å². The number of halogens is 1. The summed E-state index contributed by atoms with van der Waals surface area (Å²) in [6.07, 6.45) is 2.68. The van der Waals surface area contributed by atoms with E-state index in [1.54, 1.807) is 12.1 Å². The van der Waals surface area contributed by atoms with Crippen LogP contribution in [0.2, 0.25) is 0 Å². The molecule has 2 heterocycles. The quantitative estimate of drug-likeness (QED) is 0.773. The average molecular weight is 234 g/mol. The lowest BCUT2D eigenvalue weighted by molar-refractivity contribution is 0.0993. The zero-order valence-corrected chi connectivity index (χ0v) is 10.1. The van der Waals surface area contributed by atoms with Crippen molar-refractivity contribution in [2.75, 3.05) is 26.2 Å². The van der Waals surface area contributed by atoms with Crippen molar-refractivity contribution in [2.45, 2.75) is 25.4 Å². The Morgan fingerprint density at radius 1 is 1.24 bits per heavy atom. The first-order valence-electron chi connectivity index (χ1n) is 6.52. The lowest BCUT2D eigenvalue weighted by Gasteiger charge is -2.37. The van der Waals surface area contributed by atoms with Gasteiger partial charge in [0.2, 0.25) is 0 Å². The maximum absolute atomic E-state index is 13.1. The molecule has 3 heteroatoms. The van der Waals surface area contributed by atoms with Crippen LogP contribution in [-0.2, 0) is 6.54 Å². The van der Waals surface area contributed by atoms with Crippen LogP contribution in [0.1, 0.15) is 18.4 Å². The highest BCUT2D eigenvalue weighted by molar-refractivity contribution is 5.16. The molecule has 2 fully saturated rings. The minimum absolute atomic E-state index is 0.123. The minimum Gasteiger partial charge on any atom is -0.298 e. The van der Waals surface area contributed by atoms with E-state index in [1.165, 1.54) is 32.0 Å². The fourth-order valence-electron chi connectivity index (χ4n) is 3.09. The predicted octanol–water partition coefficient (Wildman–Crippen LogP) is 2.11. The normalized spacial score (nSPS) is 26.1. The summed E-state index contributed by atoms with van der Waals surface area (Å²) >= 11 is 0. The van der Waals surface area contributed by atoms with Gasteiger partial charge in [0.1, 0.15) is 5.82 Å². The molecular weight excluding hydrogens is 215 g/mol. The molecule has 1 atom stereocenters. The van der Waals surface area contributed by atoms with E-state index in [2.05, 4.69) is 9.80 Å². The molecule has 92 valence electrons. The maximum atomic E-state index is 13.1. The van der Waals surface area contributed by atoms with Crippen LogP contribution in [0, 0.1) is 5.82 Å². The minimum atomic E-state index is -0.123. The van der Waals surface area contributed by atoms with Gasteiger partial charge in [-0.05, 0) is 37.1 Å². The second-order valence-electron chi connectivity index (χ2n) is 5.20. The second-order valence-corrected chi connectivity index (χ2v) is 5.20. The number of fused-ring (bicyclic) bond motifs is 1. The monoisotopic (exact) mass is 234 g/mol. The number of nitrogens with zero attached hydrogens (tertiary/aromatic N) is 2. The van der Waals surface area contributed by atoms with Gasteiger partial charge in [-0.1, -0.05) is 12.1 Å². The number of hydrogen-bond donors (Lipinski definition) is 0. The van der Waals surface area contributed by atoms with Crippen molar-refractivity contribution in [3.63, 3.8) is 0 Å². The van der Waals surface area contributed by atoms with Gasteiger partial charge >= 0.3 is 0 Å². The van der Waals surface area contributed by atoms with E-state index in [1.807, 2.05) is 6.07 Å². The molecule has 1 unspecified atom stereocenters. The highest BCUT2D eigenvalue weighted by atomic mass is 19.1. The van der Waals surface area contributed by atoms with Gasteiger partial charge in [0.05, 0.1) is 0 Å². The van der Waals surface area contributed by atoms with Crippen LogP contribution in [0.15, 0.2) is 24.3 Å². The van der Waals surface area contributed by atoms with Crippen molar-refractivity contribution in [1.29, 1.82) is 0 Å². The molecule has 1 aromatic carbocycles. The molecule has 0 N–H and O–H groups in total. The molecule has 2 saturated heterocycles. The van der Waals surface area contributed by atoms with Crippen molar-refractivity contribution in [3.8, 4) is 0 Å². The Labute approximate surface area is 102 Å². The largest absolute Gasteiger partial charge is 0.298 e. The standard InChI is InChI=1S/C14H19FN2/c15-13-4-1-3-12(9-13)10-16-7-8-17-6-2-5-14(17)11-16/h1,3-4,9,14H,2,5-8,10-11H2. The van der Waals surface area contributed by atoms with Crippen LogP contribution >= 0.6 is 0 Å². The summed E-state index contributed by atoms with van der Waals surface area (Å²) in [5.74, 6) is -0.123. The lowest BCUT2D eigenvalue weighted by atomic mass is 10.1. The molecule has 0 radical (unpaired) electrons. The van der Waals surface area contributed by atoms with Gasteiger partial charge in [-0.25, -0.2) is 4.39 Å². The van der Waals surface area contributed by atoms with Gasteiger partial charge in [0, 0.05) is 32.2 Å². The molecule has 2 nitrogen and oxygen atoms in total. The molecule has 2 aliphatic rings. The van der Waals surface area contributed by atoms with Gasteiger partial charge in [-0.15, -0.1) is 0 Å². The third-order valence-electron chi connectivity index (χ3n) is 3.97. The van der Waals surface area contributed by atoms with E-state index in [0.29, 0.717) is 0 Å². The van der Waals surface area contributed by atoms with E-state index in [4.69, 9.17) is 0 Å². The number of benzene rings is 1. The highest BCUT2D eigenvalue weighted by Gasteiger charge is 2.30. The number of rotatable bonds is 2. The summed E-state index contributed by atoms with van der Waals surface area (Å²) in [4.78, 5) is 5.06. The number of piperazine rings is 1. The Morgan fingerprint density at radius 2 is 2.18 bits per heavy atom. The van der Waals surface area contributed by atoms with Crippen molar-refractivity contribution >= 4 is 0 Å². The topological polar surface area (TPSA) is 6.48 Å². The van der Waals surface area contributed by atoms with Crippen LogP contribution in [-0.4, -0.2) is 42.0 Å². The Kier molecular flexibility index (Phi) is 3.12. The maximum Gasteiger partial charge on any atom is 0.123 e. The first kappa shape index (κ1) is 11.2. The van der Waals surface area contributed by atoms with Gasteiger partial charge in [0.25, 0.3) is 0 Å². The summed E-state index contributed by atoms with van der Waals surface area (Å²) < 4.78 is 13.1. The fraction of sp³-hybridized carbons (Fsp3) is 0.571. The molecule has 17 heavy (non-hydrogen) atoms. The Morgan fingerprint density at radius 3 is 3.06 bits per heavy atom. The van der Waals surface area contributed by atoms with Crippen LogP contribution < -0.4 is 0 Å². The zero-order chi connectivity index (χ0) is 11.7. The fourth-order valence-corrected chi connectivity index (χ4v) is 3.09. The summed E-state index contributed by atoms with van der Waals surface area (Å²) in [5.41, 5.74) is 1.09. The zero-order valence-electron chi connectivity index (χ0n) is 10.1. The molecule has 0 bridgehead atoms. The van der Waals surface area contributed by atoms with Gasteiger partial charge in [0.15, 0.2) is 0 Å². The molecule has 0 aromatic heterocycles. The average Bonchev–Trinajstić information content (AvgIpc) is 2.76. The molecule has 2 aliphatic heterocycles. The van der Waals surface area contributed by atoms with Gasteiger partial charge in [-0.3, -0.25) is 9.80 Å². The smallest absolute Gasteiger partial charge is 0.123 e. The van der Waals surface area contributed by atoms with Crippen LogP contribution in [0.4, 0.5) is 4.39 Å². The molecule has 0 aliphatic carbocycles.